The fourth-order valence-electron chi connectivity index (χ4n) is 1.16. The molecule has 1 aromatic rings. The number of nitrogens with two attached hydrogens (primary N) is 2. The maximum absolute atomic E-state index is 6.47. The molecule has 0 atom stereocenters. The molecule has 1 aromatic carbocycles. The number of nitrogens with one attached hydrogen (secondary N) is 5. The second-order valence-electron chi connectivity index (χ2n) is 3.75. The van der Waals surface area contributed by atoms with E-state index < -0.39 is 0 Å². The predicted molar refractivity (Wildman–Crippen MR) is 84.2 cm³/mol. The van der Waals surface area contributed by atoms with Gasteiger partial charge in [0.05, 0.1) is 0 Å². The summed E-state index contributed by atoms with van der Waals surface area (Å²) < 4.78 is 0. The first-order valence-corrected chi connectivity index (χ1v) is 6.47. The van der Waals surface area contributed by atoms with Crippen LogP contribution in [0.15, 0.2) is 30.3 Å². The Morgan fingerprint density at radius 3 is 1.50 bits per heavy atom. The summed E-state index contributed by atoms with van der Waals surface area (Å²) in [5.74, 6) is -0.625. The van der Waals surface area contributed by atoms with Crippen LogP contribution in [0.4, 0.5) is 0 Å². The molecule has 9 N–H and O–H groups in total. The number of hydrogen-bond acceptors (Lipinski definition) is 4. The lowest BCUT2D eigenvalue weighted by molar-refractivity contribution is 0.534. The summed E-state index contributed by atoms with van der Waals surface area (Å²) in [5, 5.41) is 22.2. The second-order valence-corrected chi connectivity index (χ2v) is 4.18. The highest BCUT2D eigenvalue weighted by Crippen LogP contribution is 2.03. The SMILES string of the molecule is C1CNCCN1.Clc1ccccc1.N=C(N)NC(=N)N. The Morgan fingerprint density at radius 2 is 1.35 bits per heavy atom. The molecule has 1 saturated heterocycles. The lowest BCUT2D eigenvalue weighted by atomic mass is 10.4. The maximum atomic E-state index is 6.47. The molecule has 0 spiro atoms. The summed E-state index contributed by atoms with van der Waals surface area (Å²) in [6.07, 6.45) is 0. The van der Waals surface area contributed by atoms with Crippen LogP contribution in [0.1, 0.15) is 0 Å². The predicted octanol–water partition coefficient (Wildman–Crippen LogP) is -0.118. The van der Waals surface area contributed by atoms with Gasteiger partial charge in [-0.05, 0) is 12.1 Å². The second kappa shape index (κ2) is 12.2. The topological polar surface area (TPSA) is 136 Å². The van der Waals surface area contributed by atoms with Gasteiger partial charge in [0.1, 0.15) is 0 Å². The van der Waals surface area contributed by atoms with Gasteiger partial charge in [-0.15, -0.1) is 0 Å². The zero-order chi connectivity index (χ0) is 15.2. The Hall–Kier alpha value is -1.83. The molecule has 1 fully saturated rings. The zero-order valence-electron chi connectivity index (χ0n) is 11.2. The van der Waals surface area contributed by atoms with E-state index in [-0.39, 0.29) is 11.9 Å². The van der Waals surface area contributed by atoms with Crippen molar-refractivity contribution in [3.8, 4) is 0 Å². The number of rotatable bonds is 0. The van der Waals surface area contributed by atoms with Gasteiger partial charge >= 0.3 is 0 Å². The molecule has 112 valence electrons. The van der Waals surface area contributed by atoms with Crippen molar-refractivity contribution in [2.24, 2.45) is 11.5 Å². The summed E-state index contributed by atoms with van der Waals surface area (Å²) >= 11 is 5.54. The van der Waals surface area contributed by atoms with Crippen molar-refractivity contribution in [1.29, 1.82) is 10.8 Å². The van der Waals surface area contributed by atoms with E-state index in [1.165, 1.54) is 0 Å². The van der Waals surface area contributed by atoms with Crippen molar-refractivity contribution >= 4 is 23.5 Å². The molecule has 20 heavy (non-hydrogen) atoms. The summed E-state index contributed by atoms with van der Waals surface area (Å²) in [6.45, 7) is 4.56. The minimum atomic E-state index is -0.312. The molecule has 0 bridgehead atoms. The van der Waals surface area contributed by atoms with Gasteiger partial charge < -0.3 is 22.1 Å². The van der Waals surface area contributed by atoms with Crippen LogP contribution in [0.2, 0.25) is 5.02 Å². The Bertz CT molecular complexity index is 355. The van der Waals surface area contributed by atoms with E-state index in [1.54, 1.807) is 0 Å². The monoisotopic (exact) mass is 299 g/mol. The van der Waals surface area contributed by atoms with Gasteiger partial charge in [0.25, 0.3) is 0 Å². The molecule has 1 aliphatic rings. The number of benzene rings is 1. The Balaban J connectivity index is 0.000000271. The lowest BCUT2D eigenvalue weighted by Crippen LogP contribution is -2.39. The van der Waals surface area contributed by atoms with Crippen LogP contribution in [0.25, 0.3) is 0 Å². The number of guanidine groups is 2. The molecular weight excluding hydrogens is 278 g/mol. The summed E-state index contributed by atoms with van der Waals surface area (Å²) in [7, 11) is 0. The zero-order valence-corrected chi connectivity index (χ0v) is 12.0. The highest BCUT2D eigenvalue weighted by molar-refractivity contribution is 6.30. The summed E-state index contributed by atoms with van der Waals surface area (Å²) in [4.78, 5) is 0. The van der Waals surface area contributed by atoms with Crippen molar-refractivity contribution in [2.75, 3.05) is 26.2 Å². The molecule has 1 heterocycles. The van der Waals surface area contributed by atoms with Crippen LogP contribution in [0.3, 0.4) is 0 Å². The molecule has 1 aliphatic heterocycles. The summed E-state index contributed by atoms with van der Waals surface area (Å²) in [5.41, 5.74) is 9.49. The fraction of sp³-hybridized carbons (Fsp3) is 0.333. The van der Waals surface area contributed by atoms with Crippen molar-refractivity contribution in [3.63, 3.8) is 0 Å². The maximum Gasteiger partial charge on any atom is 0.192 e. The van der Waals surface area contributed by atoms with Crippen LogP contribution in [0.5, 0.6) is 0 Å². The largest absolute Gasteiger partial charge is 0.370 e. The summed E-state index contributed by atoms with van der Waals surface area (Å²) in [6, 6.07) is 9.44. The third kappa shape index (κ3) is 14.2. The number of halogens is 1. The first-order chi connectivity index (χ1) is 9.52. The van der Waals surface area contributed by atoms with Gasteiger partial charge in [-0.2, -0.15) is 0 Å². The van der Waals surface area contributed by atoms with Crippen LogP contribution in [0, 0.1) is 10.8 Å². The normalized spacial score (nSPS) is 12.8. The van der Waals surface area contributed by atoms with E-state index in [9.17, 15) is 0 Å². The van der Waals surface area contributed by atoms with Gasteiger partial charge in [0.2, 0.25) is 0 Å². The van der Waals surface area contributed by atoms with Crippen LogP contribution in [-0.4, -0.2) is 38.1 Å². The Morgan fingerprint density at radius 1 is 0.950 bits per heavy atom. The number of hydrogen-bond donors (Lipinski definition) is 7. The average Bonchev–Trinajstić information content (AvgIpc) is 2.41. The molecule has 0 aliphatic carbocycles. The molecule has 0 unspecified atom stereocenters. The van der Waals surface area contributed by atoms with Gasteiger partial charge in [0, 0.05) is 31.2 Å². The van der Waals surface area contributed by atoms with E-state index in [1.807, 2.05) is 35.6 Å². The third-order valence-corrected chi connectivity index (χ3v) is 2.21. The van der Waals surface area contributed by atoms with E-state index in [0.29, 0.717) is 0 Å². The molecule has 0 radical (unpaired) electrons. The standard InChI is InChI=1S/C6H5Cl.C4H10N2.C2H7N5/c7-6-4-2-1-3-5-6;1-2-6-4-3-5-1;3-1(4)7-2(5)6/h1-5H;5-6H,1-4H2;(H7,3,4,5,6,7). The van der Waals surface area contributed by atoms with Crippen LogP contribution >= 0.6 is 11.6 Å². The van der Waals surface area contributed by atoms with E-state index in [4.69, 9.17) is 33.9 Å². The molecule has 0 amide bonds. The first-order valence-electron chi connectivity index (χ1n) is 6.09. The van der Waals surface area contributed by atoms with Gasteiger partial charge in [-0.25, -0.2) is 0 Å². The molecule has 2 rings (SSSR count). The quantitative estimate of drug-likeness (QED) is 0.265. The van der Waals surface area contributed by atoms with Gasteiger partial charge in [0.15, 0.2) is 11.9 Å². The minimum Gasteiger partial charge on any atom is -0.370 e. The Kier molecular flexibility index (Phi) is 11.1. The lowest BCUT2D eigenvalue weighted by Gasteiger charge is -2.11. The highest BCUT2D eigenvalue weighted by Gasteiger charge is 1.91. The van der Waals surface area contributed by atoms with Crippen molar-refractivity contribution < 1.29 is 0 Å². The molecule has 7 nitrogen and oxygen atoms in total. The fourth-order valence-corrected chi connectivity index (χ4v) is 1.31. The number of piperazine rings is 1. The molecule has 8 heteroatoms. The minimum absolute atomic E-state index is 0.312. The van der Waals surface area contributed by atoms with Gasteiger partial charge in [-0.3, -0.25) is 16.1 Å². The van der Waals surface area contributed by atoms with Crippen molar-refractivity contribution in [2.45, 2.75) is 0 Å². The van der Waals surface area contributed by atoms with E-state index in [2.05, 4.69) is 10.6 Å². The average molecular weight is 300 g/mol. The third-order valence-electron chi connectivity index (χ3n) is 1.96. The van der Waals surface area contributed by atoms with Crippen LogP contribution < -0.4 is 27.4 Å². The van der Waals surface area contributed by atoms with Crippen molar-refractivity contribution in [1.82, 2.24) is 16.0 Å². The van der Waals surface area contributed by atoms with E-state index >= 15 is 0 Å². The Labute approximate surface area is 124 Å². The van der Waals surface area contributed by atoms with Crippen molar-refractivity contribution in [3.05, 3.63) is 35.4 Å². The van der Waals surface area contributed by atoms with E-state index in [0.717, 1.165) is 31.2 Å². The first kappa shape index (κ1) is 18.2. The molecule has 0 aromatic heterocycles. The smallest absolute Gasteiger partial charge is 0.192 e. The molecule has 0 saturated carbocycles. The molecular formula is C12H22ClN7. The highest BCUT2D eigenvalue weighted by atomic mass is 35.5. The van der Waals surface area contributed by atoms with Gasteiger partial charge in [-0.1, -0.05) is 29.8 Å². The van der Waals surface area contributed by atoms with Crippen LogP contribution in [-0.2, 0) is 0 Å².